The van der Waals surface area contributed by atoms with Gasteiger partial charge in [-0.05, 0) is 49.9 Å². The number of benzene rings is 1. The van der Waals surface area contributed by atoms with Gasteiger partial charge in [0.25, 0.3) is 5.91 Å². The fourth-order valence-electron chi connectivity index (χ4n) is 4.23. The van der Waals surface area contributed by atoms with Crippen LogP contribution in [0.25, 0.3) is 0 Å². The smallest absolute Gasteiger partial charge is 0.258 e. The summed E-state index contributed by atoms with van der Waals surface area (Å²) in [6.45, 7) is 2.60. The standard InChI is InChI=1S/C20H26N4O2/c1-23-12-11-22-18(23)14-24(17-13-20(17)7-9-21-10-8-20)19(25)15-5-3-4-6-16(15)26-2/h3-6,11-12,17,21H,7-10,13-14H2,1-2H3/t17-/m1/s1. The summed E-state index contributed by atoms with van der Waals surface area (Å²) in [7, 11) is 3.59. The van der Waals surface area contributed by atoms with Crippen molar-refractivity contribution in [2.24, 2.45) is 12.5 Å². The predicted molar refractivity (Wildman–Crippen MR) is 99.0 cm³/mol. The minimum atomic E-state index is 0.0332. The molecule has 138 valence electrons. The second kappa shape index (κ2) is 6.76. The molecule has 0 bridgehead atoms. The summed E-state index contributed by atoms with van der Waals surface area (Å²) < 4.78 is 7.42. The largest absolute Gasteiger partial charge is 0.496 e. The SMILES string of the molecule is COc1ccccc1C(=O)N(Cc1nccn1C)[C@@H]1CC12CCNCC2. The van der Waals surface area contributed by atoms with Crippen molar-refractivity contribution in [2.45, 2.75) is 31.8 Å². The van der Waals surface area contributed by atoms with Gasteiger partial charge >= 0.3 is 0 Å². The molecule has 1 aliphatic carbocycles. The summed E-state index contributed by atoms with van der Waals surface area (Å²) in [6.07, 6.45) is 7.06. The second-order valence-electron chi connectivity index (χ2n) is 7.42. The molecule has 1 spiro atoms. The van der Waals surface area contributed by atoms with Crippen molar-refractivity contribution in [3.8, 4) is 5.75 Å². The lowest BCUT2D eigenvalue weighted by Crippen LogP contribution is -2.39. The Morgan fingerprint density at radius 2 is 2.15 bits per heavy atom. The number of hydrogen-bond acceptors (Lipinski definition) is 4. The topological polar surface area (TPSA) is 59.4 Å². The van der Waals surface area contributed by atoms with Crippen LogP contribution in [0.1, 0.15) is 35.4 Å². The molecule has 1 aromatic heterocycles. The van der Waals surface area contributed by atoms with Crippen molar-refractivity contribution >= 4 is 5.91 Å². The first-order chi connectivity index (χ1) is 12.6. The molecule has 0 unspecified atom stereocenters. The van der Waals surface area contributed by atoms with E-state index in [4.69, 9.17) is 4.74 Å². The number of rotatable bonds is 5. The molecule has 1 amide bonds. The van der Waals surface area contributed by atoms with Crippen LogP contribution in [0.5, 0.6) is 5.75 Å². The third-order valence-electron chi connectivity index (χ3n) is 5.95. The van der Waals surface area contributed by atoms with Crippen LogP contribution in [0.2, 0.25) is 0 Å². The zero-order valence-corrected chi connectivity index (χ0v) is 15.4. The van der Waals surface area contributed by atoms with E-state index in [1.807, 2.05) is 47.0 Å². The van der Waals surface area contributed by atoms with Gasteiger partial charge in [-0.1, -0.05) is 12.1 Å². The number of aromatic nitrogens is 2. The van der Waals surface area contributed by atoms with E-state index in [1.54, 1.807) is 13.3 Å². The lowest BCUT2D eigenvalue weighted by molar-refractivity contribution is 0.0682. The van der Waals surface area contributed by atoms with Gasteiger partial charge in [-0.15, -0.1) is 0 Å². The van der Waals surface area contributed by atoms with Gasteiger partial charge in [-0.25, -0.2) is 4.98 Å². The lowest BCUT2D eigenvalue weighted by Gasteiger charge is -2.30. The van der Waals surface area contributed by atoms with E-state index >= 15 is 0 Å². The first-order valence-electron chi connectivity index (χ1n) is 9.25. The molecule has 2 aliphatic rings. The molecule has 2 aromatic rings. The fraction of sp³-hybridized carbons (Fsp3) is 0.500. The van der Waals surface area contributed by atoms with E-state index < -0.39 is 0 Å². The molecular formula is C20H26N4O2. The Hall–Kier alpha value is -2.34. The number of para-hydroxylation sites is 1. The molecule has 1 saturated heterocycles. The molecule has 4 rings (SSSR count). The minimum Gasteiger partial charge on any atom is -0.496 e. The first kappa shape index (κ1) is 17.1. The number of piperidine rings is 1. The van der Waals surface area contributed by atoms with Gasteiger partial charge < -0.3 is 19.5 Å². The maximum absolute atomic E-state index is 13.5. The summed E-state index contributed by atoms with van der Waals surface area (Å²) in [5.74, 6) is 1.57. The van der Waals surface area contributed by atoms with E-state index in [9.17, 15) is 4.79 Å². The van der Waals surface area contributed by atoms with Gasteiger partial charge in [0.2, 0.25) is 0 Å². The highest BCUT2D eigenvalue weighted by atomic mass is 16.5. The minimum absolute atomic E-state index is 0.0332. The normalized spacial score (nSPS) is 20.8. The summed E-state index contributed by atoms with van der Waals surface area (Å²) in [4.78, 5) is 19.9. The Labute approximate surface area is 154 Å². The number of carbonyl (C=O) groups is 1. The van der Waals surface area contributed by atoms with Gasteiger partial charge in [0, 0.05) is 25.5 Å². The van der Waals surface area contributed by atoms with E-state index in [-0.39, 0.29) is 17.4 Å². The number of nitrogens with zero attached hydrogens (tertiary/aromatic N) is 3. The quantitative estimate of drug-likeness (QED) is 0.894. The molecule has 6 nitrogen and oxygen atoms in total. The molecule has 0 radical (unpaired) electrons. The van der Waals surface area contributed by atoms with Crippen molar-refractivity contribution in [3.05, 3.63) is 48.0 Å². The number of nitrogens with one attached hydrogen (secondary N) is 1. The monoisotopic (exact) mass is 354 g/mol. The number of methoxy groups -OCH3 is 1. The fourth-order valence-corrected chi connectivity index (χ4v) is 4.23. The first-order valence-corrected chi connectivity index (χ1v) is 9.25. The Bertz CT molecular complexity index is 795. The van der Waals surface area contributed by atoms with Crippen molar-refractivity contribution in [3.63, 3.8) is 0 Å². The summed E-state index contributed by atoms with van der Waals surface area (Å²) in [6, 6.07) is 7.76. The number of hydrogen-bond donors (Lipinski definition) is 1. The van der Waals surface area contributed by atoms with Crippen LogP contribution < -0.4 is 10.1 Å². The number of carbonyl (C=O) groups excluding carboxylic acids is 1. The summed E-state index contributed by atoms with van der Waals surface area (Å²) >= 11 is 0. The molecule has 26 heavy (non-hydrogen) atoms. The van der Waals surface area contributed by atoms with Gasteiger partial charge in [-0.3, -0.25) is 4.79 Å². The summed E-state index contributed by atoms with van der Waals surface area (Å²) in [5.41, 5.74) is 0.897. The highest BCUT2D eigenvalue weighted by Gasteiger charge is 2.58. The van der Waals surface area contributed by atoms with Crippen LogP contribution in [-0.4, -0.2) is 46.6 Å². The predicted octanol–water partition coefficient (Wildman–Crippen LogP) is 2.21. The molecule has 6 heteroatoms. The van der Waals surface area contributed by atoms with Crippen molar-refractivity contribution in [2.75, 3.05) is 20.2 Å². The molecule has 2 heterocycles. The maximum atomic E-state index is 13.5. The molecule has 1 N–H and O–H groups in total. The summed E-state index contributed by atoms with van der Waals surface area (Å²) in [5, 5.41) is 3.43. The van der Waals surface area contributed by atoms with Crippen LogP contribution in [0.4, 0.5) is 0 Å². The third-order valence-corrected chi connectivity index (χ3v) is 5.95. The number of aryl methyl sites for hydroxylation is 1. The van der Waals surface area contributed by atoms with Crippen LogP contribution >= 0.6 is 0 Å². The Morgan fingerprint density at radius 3 is 2.85 bits per heavy atom. The van der Waals surface area contributed by atoms with Crippen LogP contribution in [0.15, 0.2) is 36.7 Å². The Kier molecular flexibility index (Phi) is 4.44. The molecule has 2 fully saturated rings. The van der Waals surface area contributed by atoms with Crippen LogP contribution in [0.3, 0.4) is 0 Å². The van der Waals surface area contributed by atoms with Gasteiger partial charge in [-0.2, -0.15) is 0 Å². The molecule has 1 saturated carbocycles. The number of imidazole rings is 1. The zero-order valence-electron chi connectivity index (χ0n) is 15.4. The average Bonchev–Trinajstić information content (AvgIpc) is 3.19. The maximum Gasteiger partial charge on any atom is 0.258 e. The Morgan fingerprint density at radius 1 is 1.38 bits per heavy atom. The van der Waals surface area contributed by atoms with E-state index in [1.165, 1.54) is 0 Å². The molecule has 1 aliphatic heterocycles. The highest BCUT2D eigenvalue weighted by molar-refractivity contribution is 5.97. The second-order valence-corrected chi connectivity index (χ2v) is 7.42. The third kappa shape index (κ3) is 2.98. The van der Waals surface area contributed by atoms with Crippen molar-refractivity contribution in [1.29, 1.82) is 0 Å². The molecule has 1 atom stereocenters. The van der Waals surface area contributed by atoms with E-state index in [0.29, 0.717) is 17.9 Å². The molecule has 1 aromatic carbocycles. The van der Waals surface area contributed by atoms with Gasteiger partial charge in [0.15, 0.2) is 0 Å². The zero-order chi connectivity index (χ0) is 18.1. The van der Waals surface area contributed by atoms with Gasteiger partial charge in [0.05, 0.1) is 19.2 Å². The van der Waals surface area contributed by atoms with Crippen LogP contribution in [-0.2, 0) is 13.6 Å². The van der Waals surface area contributed by atoms with E-state index in [0.717, 1.165) is 38.2 Å². The highest BCUT2D eigenvalue weighted by Crippen LogP contribution is 2.56. The van der Waals surface area contributed by atoms with Gasteiger partial charge in [0.1, 0.15) is 11.6 Å². The Balaban J connectivity index is 1.64. The van der Waals surface area contributed by atoms with Crippen molar-refractivity contribution in [1.82, 2.24) is 19.8 Å². The number of ether oxygens (including phenoxy) is 1. The number of amides is 1. The lowest BCUT2D eigenvalue weighted by atomic mass is 9.93. The van der Waals surface area contributed by atoms with Crippen LogP contribution in [0, 0.1) is 5.41 Å². The average molecular weight is 354 g/mol. The molecular weight excluding hydrogens is 328 g/mol. The van der Waals surface area contributed by atoms with E-state index in [2.05, 4.69) is 10.3 Å². The van der Waals surface area contributed by atoms with Crippen molar-refractivity contribution < 1.29 is 9.53 Å².